The molecule has 3 atom stereocenters. The highest BCUT2D eigenvalue weighted by Crippen LogP contribution is 2.35. The molecule has 0 bridgehead atoms. The van der Waals surface area contributed by atoms with Gasteiger partial charge in [-0.25, -0.2) is 9.69 Å². The van der Waals surface area contributed by atoms with Crippen LogP contribution in [-0.2, 0) is 15.9 Å². The number of para-hydroxylation sites is 2. The maximum Gasteiger partial charge on any atom is 0.416 e. The number of benzene rings is 1. The lowest BCUT2D eigenvalue weighted by Crippen LogP contribution is -2.51. The van der Waals surface area contributed by atoms with Gasteiger partial charge in [0, 0.05) is 22.5 Å². The number of hydrogen-bond donors (Lipinski definition) is 1. The van der Waals surface area contributed by atoms with Gasteiger partial charge in [0.05, 0.1) is 19.3 Å². The van der Waals surface area contributed by atoms with Gasteiger partial charge >= 0.3 is 15.6 Å². The molecule has 1 aliphatic rings. The number of anilines is 1. The van der Waals surface area contributed by atoms with Gasteiger partial charge in [-0.3, -0.25) is 9.96 Å². The van der Waals surface area contributed by atoms with Gasteiger partial charge in [-0.15, -0.1) is 0 Å². The van der Waals surface area contributed by atoms with Crippen molar-refractivity contribution < 1.29 is 18.8 Å². The normalized spacial score (nSPS) is 23.4. The Kier molecular flexibility index (Phi) is 6.37. The maximum atomic E-state index is 13.5. The van der Waals surface area contributed by atoms with Gasteiger partial charge in [-0.1, -0.05) is 22.3 Å². The number of ether oxygens (including phenoxy) is 2. The van der Waals surface area contributed by atoms with E-state index in [1.165, 1.54) is 7.11 Å². The molecule has 0 radical (unpaired) electrons. The number of hydroxylamine groups is 2. The number of rotatable bonds is 6. The lowest BCUT2D eigenvalue weighted by molar-refractivity contribution is 0.0553. The quantitative estimate of drug-likeness (QED) is 0.422. The number of nitrogens with one attached hydrogen (secondary N) is 1. The molecule has 152 valence electrons. The Morgan fingerprint density at radius 3 is 2.93 bits per heavy atom. The van der Waals surface area contributed by atoms with Gasteiger partial charge in [0.1, 0.15) is 18.2 Å². The Bertz CT molecular complexity index is 837. The Morgan fingerprint density at radius 2 is 2.21 bits per heavy atom. The van der Waals surface area contributed by atoms with Crippen molar-refractivity contribution in [2.24, 2.45) is 0 Å². The number of methoxy groups -OCH3 is 1. The average molecular weight is 428 g/mol. The van der Waals surface area contributed by atoms with E-state index in [-0.39, 0.29) is 22.7 Å². The first-order chi connectivity index (χ1) is 13.4. The number of carbonyl (C=O) groups excluding carboxylic acids is 1. The van der Waals surface area contributed by atoms with Crippen LogP contribution in [0.2, 0.25) is 0 Å². The summed E-state index contributed by atoms with van der Waals surface area (Å²) in [6.45, 7) is 2.03. The van der Waals surface area contributed by atoms with Crippen molar-refractivity contribution in [2.75, 3.05) is 38.4 Å². The third-order valence-electron chi connectivity index (χ3n) is 4.15. The van der Waals surface area contributed by atoms with Crippen molar-refractivity contribution >= 4 is 39.4 Å². The zero-order chi connectivity index (χ0) is 20.3. The summed E-state index contributed by atoms with van der Waals surface area (Å²) in [4.78, 5) is 14.1. The fourth-order valence-corrected chi connectivity index (χ4v) is 4.77. The van der Waals surface area contributed by atoms with E-state index in [0.717, 1.165) is 11.3 Å². The number of hydrogen-bond acceptors (Lipinski definition) is 9. The summed E-state index contributed by atoms with van der Waals surface area (Å²) in [7, 11) is 3.24. The zero-order valence-corrected chi connectivity index (χ0v) is 17.3. The Labute approximate surface area is 169 Å². The van der Waals surface area contributed by atoms with Crippen LogP contribution < -0.4 is 14.7 Å². The maximum absolute atomic E-state index is 13.5. The van der Waals surface area contributed by atoms with Gasteiger partial charge in [0.2, 0.25) is 0 Å². The van der Waals surface area contributed by atoms with Crippen molar-refractivity contribution in [3.63, 3.8) is 0 Å². The predicted octanol–water partition coefficient (Wildman–Crippen LogP) is 1.96. The number of carbonyl (C=O) groups is 1. The van der Waals surface area contributed by atoms with Gasteiger partial charge in [0.25, 0.3) is 6.23 Å². The number of likely N-dealkylation sites (N-methyl/N-ethyl adjacent to an activating group) is 1. The van der Waals surface area contributed by atoms with E-state index in [0.29, 0.717) is 17.2 Å². The Balaban J connectivity index is 1.76. The van der Waals surface area contributed by atoms with E-state index in [2.05, 4.69) is 15.5 Å². The fraction of sp³-hybridized carbons (Fsp3) is 0.438. The van der Waals surface area contributed by atoms with Crippen molar-refractivity contribution in [3.05, 3.63) is 29.5 Å². The molecule has 3 unspecified atom stereocenters. The second-order valence-electron chi connectivity index (χ2n) is 6.15. The van der Waals surface area contributed by atoms with Crippen LogP contribution in [0.1, 0.15) is 6.92 Å². The van der Waals surface area contributed by atoms with Crippen LogP contribution in [0.5, 0.6) is 5.75 Å². The molecule has 1 N–H and O–H groups in total. The highest BCUT2D eigenvalue weighted by molar-refractivity contribution is 7.93. The van der Waals surface area contributed by atoms with Crippen LogP contribution in [0.25, 0.3) is 0 Å². The van der Waals surface area contributed by atoms with Crippen molar-refractivity contribution in [1.29, 1.82) is 0 Å². The summed E-state index contributed by atoms with van der Waals surface area (Å²) in [6.07, 6.45) is -1.81. The van der Waals surface area contributed by atoms with Gasteiger partial charge < -0.3 is 19.2 Å². The fourth-order valence-electron chi connectivity index (χ4n) is 2.79. The smallest absolute Gasteiger partial charge is 0.416 e. The highest BCUT2D eigenvalue weighted by atomic mass is 32.2. The van der Waals surface area contributed by atoms with Crippen LogP contribution in [0, 0.1) is 5.21 Å². The molecule has 10 nitrogen and oxygen atoms in total. The molecular weight excluding hydrogens is 406 g/mol. The van der Waals surface area contributed by atoms with Crippen LogP contribution in [-0.4, -0.2) is 65.1 Å². The van der Waals surface area contributed by atoms with Gasteiger partial charge in [0.15, 0.2) is 0 Å². The minimum Gasteiger partial charge on any atom is -0.622 e. The molecule has 12 heteroatoms. The monoisotopic (exact) mass is 427 g/mol. The topological polar surface area (TPSA) is 123 Å². The number of nitrogens with zero attached hydrogens (tertiary/aromatic N) is 4. The van der Waals surface area contributed by atoms with E-state index in [9.17, 15) is 14.6 Å². The molecule has 1 saturated heterocycles. The lowest BCUT2D eigenvalue weighted by Gasteiger charge is -2.37. The molecule has 2 heterocycles. The molecule has 3 rings (SSSR count). The predicted molar refractivity (Wildman–Crippen MR) is 106 cm³/mol. The van der Waals surface area contributed by atoms with E-state index in [1.54, 1.807) is 43.1 Å². The molecular formula is C16H21N5O5S2. The van der Waals surface area contributed by atoms with Crippen LogP contribution in [0.3, 0.4) is 0 Å². The molecule has 1 aliphatic heterocycles. The van der Waals surface area contributed by atoms with Crippen molar-refractivity contribution in [1.82, 2.24) is 19.7 Å². The third kappa shape index (κ3) is 4.21. The molecule has 1 amide bonds. The Hall–Kier alpha value is -1.96. The SMILES string of the molecule is CC[S+]([O-])c1nnc([N+]2([O-])CN(C)CC2OC(=O)Nc2ccccc2OC)s1. The lowest BCUT2D eigenvalue weighted by atomic mass is 10.3. The van der Waals surface area contributed by atoms with Gasteiger partial charge in [-0.05, 0) is 26.1 Å². The van der Waals surface area contributed by atoms with Crippen LogP contribution in [0.15, 0.2) is 28.6 Å². The molecule has 28 heavy (non-hydrogen) atoms. The highest BCUT2D eigenvalue weighted by Gasteiger charge is 2.46. The minimum atomic E-state index is -1.30. The first kappa shape index (κ1) is 20.8. The number of quaternary nitrogens is 1. The molecule has 0 saturated carbocycles. The molecule has 1 fully saturated rings. The Morgan fingerprint density at radius 1 is 1.46 bits per heavy atom. The van der Waals surface area contributed by atoms with Crippen LogP contribution >= 0.6 is 11.3 Å². The summed E-state index contributed by atoms with van der Waals surface area (Å²) in [5.74, 6) is 0.857. The first-order valence-electron chi connectivity index (χ1n) is 8.47. The van der Waals surface area contributed by atoms with Crippen LogP contribution in [0.4, 0.5) is 15.6 Å². The summed E-state index contributed by atoms with van der Waals surface area (Å²) < 4.78 is 21.8. The van der Waals surface area contributed by atoms with Crippen molar-refractivity contribution in [3.8, 4) is 5.75 Å². The number of aromatic nitrogens is 2. The minimum absolute atomic E-state index is 0.0417. The van der Waals surface area contributed by atoms with E-state index < -0.39 is 28.1 Å². The molecule has 0 aliphatic carbocycles. The molecule has 1 aromatic carbocycles. The number of amides is 1. The van der Waals surface area contributed by atoms with Gasteiger partial charge in [-0.2, -0.15) is 0 Å². The first-order valence-corrected chi connectivity index (χ1v) is 10.6. The van der Waals surface area contributed by atoms with E-state index in [1.807, 2.05) is 0 Å². The van der Waals surface area contributed by atoms with E-state index in [4.69, 9.17) is 9.47 Å². The third-order valence-corrected chi connectivity index (χ3v) is 6.78. The molecule has 1 aromatic heterocycles. The van der Waals surface area contributed by atoms with Crippen molar-refractivity contribution in [2.45, 2.75) is 17.5 Å². The molecule has 2 aromatic rings. The standard InChI is InChI=1S/C16H21N5O5S2/c1-4-28(24)16-19-18-14(27-16)21(23)10-20(2)9-13(21)26-15(22)17-11-7-5-6-8-12(11)25-3/h5-8,13H,4,9-10H2,1-3H3,(H,17,22). The largest absolute Gasteiger partial charge is 0.622 e. The summed E-state index contributed by atoms with van der Waals surface area (Å²) >= 11 is -0.317. The molecule has 0 spiro atoms. The summed E-state index contributed by atoms with van der Waals surface area (Å²) in [5.41, 5.74) is 0.432. The average Bonchev–Trinajstić information content (AvgIpc) is 3.27. The summed E-state index contributed by atoms with van der Waals surface area (Å²) in [6, 6.07) is 6.88. The zero-order valence-electron chi connectivity index (χ0n) is 15.7. The second kappa shape index (κ2) is 8.59. The van der Waals surface area contributed by atoms with E-state index >= 15 is 0 Å². The summed E-state index contributed by atoms with van der Waals surface area (Å²) in [5, 5.41) is 23.9. The second-order valence-corrected chi connectivity index (χ2v) is 9.02.